The normalized spacial score (nSPS) is 16.8. The number of imidazole rings is 1. The highest BCUT2D eigenvalue weighted by Crippen LogP contribution is 2.33. The first-order valence-corrected chi connectivity index (χ1v) is 14.7. The molecule has 1 aromatic carbocycles. The van der Waals surface area contributed by atoms with Gasteiger partial charge in [0.05, 0.1) is 19.6 Å². The zero-order chi connectivity index (χ0) is 28.3. The van der Waals surface area contributed by atoms with E-state index in [9.17, 15) is 19.3 Å². The monoisotopic (exact) mass is 597 g/mol. The number of hydrogen-bond acceptors (Lipinski definition) is 13. The van der Waals surface area contributed by atoms with E-state index in [2.05, 4.69) is 25.1 Å². The Morgan fingerprint density at radius 3 is 2.88 bits per heavy atom. The third-order valence-corrected chi connectivity index (χ3v) is 7.90. The molecule has 1 amide bonds. The number of benzene rings is 1. The Hall–Kier alpha value is -3.25. The Morgan fingerprint density at radius 2 is 2.10 bits per heavy atom. The van der Waals surface area contributed by atoms with Crippen LogP contribution >= 0.6 is 21.6 Å². The summed E-state index contributed by atoms with van der Waals surface area (Å²) in [7, 11) is 4.53. The summed E-state index contributed by atoms with van der Waals surface area (Å²) < 4.78 is 32.8. The second-order valence-electron chi connectivity index (χ2n) is 8.31. The highest BCUT2D eigenvalue weighted by atomic mass is 33.1. The fourth-order valence-corrected chi connectivity index (χ4v) is 5.53. The van der Waals surface area contributed by atoms with Crippen molar-refractivity contribution < 1.29 is 33.3 Å². The minimum absolute atomic E-state index is 0.0183. The van der Waals surface area contributed by atoms with Crippen molar-refractivity contribution in [2.45, 2.75) is 31.9 Å². The van der Waals surface area contributed by atoms with E-state index in [1.807, 2.05) is 0 Å². The van der Waals surface area contributed by atoms with Crippen LogP contribution in [0, 0.1) is 15.9 Å². The second kappa shape index (κ2) is 14.9. The van der Waals surface area contributed by atoms with Crippen LogP contribution < -0.4 is 10.2 Å². The minimum atomic E-state index is -0.843. The lowest BCUT2D eigenvalue weighted by molar-refractivity contribution is -0.756. The van der Waals surface area contributed by atoms with Crippen LogP contribution in [0.5, 0.6) is 0 Å². The lowest BCUT2D eigenvalue weighted by Crippen LogP contribution is -2.32. The highest BCUT2D eigenvalue weighted by molar-refractivity contribution is 8.76. The van der Waals surface area contributed by atoms with E-state index in [1.54, 1.807) is 30.1 Å². The van der Waals surface area contributed by atoms with E-state index in [1.165, 1.54) is 44.9 Å². The maximum atomic E-state index is 13.9. The Kier molecular flexibility index (Phi) is 11.1. The van der Waals surface area contributed by atoms with Crippen molar-refractivity contribution in [1.82, 2.24) is 24.8 Å². The van der Waals surface area contributed by atoms with Gasteiger partial charge in [0.2, 0.25) is 0 Å². The molecule has 0 radical (unpaired) electrons. The quantitative estimate of drug-likeness (QED) is 0.0893. The van der Waals surface area contributed by atoms with Gasteiger partial charge in [-0.15, -0.1) is 10.1 Å². The van der Waals surface area contributed by atoms with E-state index in [4.69, 9.17) is 14.2 Å². The van der Waals surface area contributed by atoms with Gasteiger partial charge in [0.25, 0.3) is 5.09 Å². The highest BCUT2D eigenvalue weighted by Gasteiger charge is 2.30. The number of aromatic nitrogens is 4. The summed E-state index contributed by atoms with van der Waals surface area (Å²) >= 11 is 0. The fraction of sp³-hybridized carbons (Fsp3) is 0.478. The molecular formula is C23H28FN7O7S2. The smallest absolute Gasteiger partial charge is 0.415 e. The Labute approximate surface area is 236 Å². The molecule has 1 fully saturated rings. The van der Waals surface area contributed by atoms with Crippen molar-refractivity contribution in [1.29, 1.82) is 0 Å². The third kappa shape index (κ3) is 8.14. The Morgan fingerprint density at radius 1 is 1.27 bits per heavy atom. The van der Waals surface area contributed by atoms with Crippen LogP contribution in [0.15, 0.2) is 36.9 Å². The number of carbonyl (C=O) groups is 1. The zero-order valence-electron chi connectivity index (χ0n) is 21.5. The molecule has 14 nitrogen and oxygen atoms in total. The Balaban J connectivity index is 1.47. The fourth-order valence-electron chi connectivity index (χ4n) is 3.89. The van der Waals surface area contributed by atoms with Gasteiger partial charge in [-0.25, -0.2) is 24.1 Å². The molecule has 0 bridgehead atoms. The maximum Gasteiger partial charge on any atom is 0.415 e. The summed E-state index contributed by atoms with van der Waals surface area (Å²) in [5.41, 5.74) is 1.35. The molecule has 1 N–H and O–H groups in total. The van der Waals surface area contributed by atoms with Crippen molar-refractivity contribution in [3.8, 4) is 0 Å². The number of halogens is 1. The van der Waals surface area contributed by atoms with E-state index >= 15 is 0 Å². The minimum Gasteiger partial charge on any atom is -0.448 e. The summed E-state index contributed by atoms with van der Waals surface area (Å²) in [5, 5.41) is 12.3. The number of hydrogen-bond donors (Lipinski definition) is 1. The van der Waals surface area contributed by atoms with Crippen LogP contribution in [0.25, 0.3) is 11.2 Å². The lowest BCUT2D eigenvalue weighted by atomic mass is 10.2. The molecule has 1 saturated heterocycles. The summed E-state index contributed by atoms with van der Waals surface area (Å²) in [6.07, 6.45) is 2.86. The average molecular weight is 598 g/mol. The largest absolute Gasteiger partial charge is 0.448 e. The van der Waals surface area contributed by atoms with Gasteiger partial charge >= 0.3 is 6.09 Å². The predicted molar refractivity (Wildman–Crippen MR) is 145 cm³/mol. The average Bonchev–Trinajstić information content (AvgIpc) is 3.59. The number of ether oxygens (including phenoxy) is 3. The standard InChI is InChI=1S/C23H28FN7O7S2/c1-25-15-36-19-6-5-18(38-19)30-14-28-20-21(26-13-27-22(20)30)29(12-16-3-2-4-17(24)11-16)23(32)35-7-9-39-40-10-8-37-31(33)34/h2-4,11,13-14,18-19,25H,5-10,12,15H2,1H3/t18-,19?/m1/s1. The summed E-state index contributed by atoms with van der Waals surface area (Å²) in [4.78, 5) is 42.2. The van der Waals surface area contributed by atoms with Crippen molar-refractivity contribution >= 4 is 44.7 Å². The first-order chi connectivity index (χ1) is 19.5. The SMILES string of the molecule is CNCOC1CC[C@H](n2cnc3c(N(Cc4cccc(F)c4)C(=O)OCCSSCCO[N+](=O)[O-])ncnc32)O1. The molecule has 2 atom stereocenters. The molecule has 216 valence electrons. The number of fused-ring (bicyclic) bond motifs is 1. The zero-order valence-corrected chi connectivity index (χ0v) is 23.1. The van der Waals surface area contributed by atoms with Crippen LogP contribution in [0.4, 0.5) is 15.0 Å². The van der Waals surface area contributed by atoms with E-state index < -0.39 is 17.0 Å². The molecule has 3 aromatic rings. The predicted octanol–water partition coefficient (Wildman–Crippen LogP) is 3.53. The maximum absolute atomic E-state index is 13.9. The van der Waals surface area contributed by atoms with Gasteiger partial charge < -0.3 is 19.0 Å². The molecule has 4 rings (SSSR count). The molecule has 17 heteroatoms. The van der Waals surface area contributed by atoms with E-state index in [-0.39, 0.29) is 38.1 Å². The summed E-state index contributed by atoms with van der Waals surface area (Å²) in [6, 6.07) is 5.89. The summed E-state index contributed by atoms with van der Waals surface area (Å²) in [6.45, 7) is 0.380. The molecule has 1 aliphatic heterocycles. The van der Waals surface area contributed by atoms with Crippen LogP contribution in [-0.2, 0) is 25.6 Å². The van der Waals surface area contributed by atoms with E-state index in [0.717, 1.165) is 0 Å². The third-order valence-electron chi connectivity index (χ3n) is 5.57. The molecular weight excluding hydrogens is 569 g/mol. The molecule has 2 aromatic heterocycles. The van der Waals surface area contributed by atoms with Gasteiger partial charge in [-0.2, -0.15) is 0 Å². The van der Waals surface area contributed by atoms with Gasteiger partial charge in [-0.05, 0) is 31.2 Å². The molecule has 0 saturated carbocycles. The Bertz CT molecular complexity index is 1290. The first-order valence-electron chi connectivity index (χ1n) is 12.3. The van der Waals surface area contributed by atoms with Gasteiger partial charge in [-0.1, -0.05) is 33.7 Å². The number of carbonyl (C=O) groups excluding carboxylic acids is 1. The number of rotatable bonds is 15. The molecule has 0 spiro atoms. The van der Waals surface area contributed by atoms with Crippen molar-refractivity contribution in [2.24, 2.45) is 0 Å². The topological polar surface area (TPSA) is 156 Å². The van der Waals surface area contributed by atoms with Crippen LogP contribution in [0.3, 0.4) is 0 Å². The van der Waals surface area contributed by atoms with Crippen molar-refractivity contribution in [3.63, 3.8) is 0 Å². The molecule has 1 aliphatic rings. The van der Waals surface area contributed by atoms with Crippen LogP contribution in [0.2, 0.25) is 0 Å². The van der Waals surface area contributed by atoms with Crippen LogP contribution in [0.1, 0.15) is 24.6 Å². The number of nitrogens with one attached hydrogen (secondary N) is 1. The first kappa shape index (κ1) is 29.7. The van der Waals surface area contributed by atoms with Gasteiger partial charge in [0.1, 0.15) is 31.6 Å². The number of anilines is 1. The molecule has 40 heavy (non-hydrogen) atoms. The summed E-state index contributed by atoms with van der Waals surface area (Å²) in [5.74, 6) is 0.607. The molecule has 3 heterocycles. The van der Waals surface area contributed by atoms with Crippen molar-refractivity contribution in [3.05, 3.63) is 58.4 Å². The number of nitrogens with zero attached hydrogens (tertiary/aromatic N) is 6. The van der Waals surface area contributed by atoms with Crippen LogP contribution in [-0.4, -0.2) is 75.5 Å². The van der Waals surface area contributed by atoms with Gasteiger partial charge in [0.15, 0.2) is 23.3 Å². The lowest BCUT2D eigenvalue weighted by Gasteiger charge is -2.22. The van der Waals surface area contributed by atoms with Crippen molar-refractivity contribution in [2.75, 3.05) is 43.4 Å². The second-order valence-corrected chi connectivity index (χ2v) is 11.0. The molecule has 0 aliphatic carbocycles. The number of amides is 1. The van der Waals surface area contributed by atoms with Gasteiger partial charge in [0, 0.05) is 17.9 Å². The van der Waals surface area contributed by atoms with Gasteiger partial charge in [-0.3, -0.25) is 14.8 Å². The van der Waals surface area contributed by atoms with E-state index in [0.29, 0.717) is 47.8 Å². The molecule has 1 unspecified atom stereocenters.